The zero-order chi connectivity index (χ0) is 20.3. The highest BCUT2D eigenvalue weighted by molar-refractivity contribution is 6.12. The van der Waals surface area contributed by atoms with E-state index < -0.39 is 5.97 Å². The highest BCUT2D eigenvalue weighted by Crippen LogP contribution is 2.32. The van der Waals surface area contributed by atoms with Gasteiger partial charge in [0.2, 0.25) is 5.91 Å². The molecule has 0 saturated carbocycles. The smallest absolute Gasteiger partial charge is 0.356 e. The normalized spacial score (nSPS) is 18.6. The summed E-state index contributed by atoms with van der Waals surface area (Å²) in [5.41, 5.74) is 1.42. The van der Waals surface area contributed by atoms with Crippen molar-refractivity contribution in [2.45, 2.75) is 39.7 Å². The van der Waals surface area contributed by atoms with Gasteiger partial charge in [0.15, 0.2) is 0 Å². The molecular weight excluding hydrogens is 358 g/mol. The fourth-order valence-corrected chi connectivity index (χ4v) is 3.76. The van der Waals surface area contributed by atoms with Gasteiger partial charge in [-0.15, -0.1) is 0 Å². The number of rotatable bonds is 6. The lowest BCUT2D eigenvalue weighted by atomic mass is 9.99. The van der Waals surface area contributed by atoms with Crippen LogP contribution in [0.3, 0.4) is 0 Å². The molecule has 7 heteroatoms. The van der Waals surface area contributed by atoms with Crippen molar-refractivity contribution in [3.8, 4) is 5.75 Å². The van der Waals surface area contributed by atoms with Gasteiger partial charge < -0.3 is 19.8 Å². The monoisotopic (exact) mass is 387 g/mol. The lowest BCUT2D eigenvalue weighted by Crippen LogP contribution is -2.46. The minimum atomic E-state index is -0.493. The number of fused-ring (bicyclic) bond motifs is 1. The van der Waals surface area contributed by atoms with Gasteiger partial charge in [0.25, 0.3) is 0 Å². The van der Waals surface area contributed by atoms with Gasteiger partial charge >= 0.3 is 5.97 Å². The molecule has 7 nitrogen and oxygen atoms in total. The highest BCUT2D eigenvalue weighted by atomic mass is 16.5. The molecule has 28 heavy (non-hydrogen) atoms. The average Bonchev–Trinajstić information content (AvgIpc) is 3.05. The van der Waals surface area contributed by atoms with Crippen molar-refractivity contribution >= 4 is 28.5 Å². The lowest BCUT2D eigenvalue weighted by molar-refractivity contribution is -0.121. The molecule has 2 aromatic rings. The van der Waals surface area contributed by atoms with Crippen LogP contribution in [0.4, 0.5) is 5.69 Å². The van der Waals surface area contributed by atoms with E-state index in [1.165, 1.54) is 6.42 Å². The summed E-state index contributed by atoms with van der Waals surface area (Å²) in [5.74, 6) is 0.599. The molecular formula is C21H29N3O4. The predicted octanol–water partition coefficient (Wildman–Crippen LogP) is 3.41. The summed E-state index contributed by atoms with van der Waals surface area (Å²) in [6.07, 6.45) is 2.29. The Morgan fingerprint density at radius 1 is 1.39 bits per heavy atom. The number of hydrogen-bond donors (Lipinski definition) is 2. The van der Waals surface area contributed by atoms with E-state index in [9.17, 15) is 9.59 Å². The number of methoxy groups -OCH3 is 1. The number of ether oxygens (including phenoxy) is 2. The second-order valence-corrected chi connectivity index (χ2v) is 7.41. The number of esters is 1. The summed E-state index contributed by atoms with van der Waals surface area (Å²) < 4.78 is 10.5. The summed E-state index contributed by atoms with van der Waals surface area (Å²) in [5, 5.41) is 3.69. The van der Waals surface area contributed by atoms with Gasteiger partial charge in [-0.25, -0.2) is 4.79 Å². The van der Waals surface area contributed by atoms with Gasteiger partial charge in [0, 0.05) is 17.4 Å². The Labute approximate surface area is 165 Å². The number of H-pyrrole nitrogens is 1. The van der Waals surface area contributed by atoms with Crippen molar-refractivity contribution in [1.82, 2.24) is 9.88 Å². The molecule has 1 aliphatic rings. The van der Waals surface area contributed by atoms with E-state index in [0.717, 1.165) is 30.4 Å². The molecule has 1 aliphatic heterocycles. The number of nitrogens with one attached hydrogen (secondary N) is 2. The standard InChI is InChI=1S/C21H29N3O4/c1-5-28-21(26)19-18(16-11-15(27-4)8-9-17(16)22-19)23-20(25)14(3)24-10-6-7-13(2)12-24/h8-9,11,13-14,22H,5-7,10,12H2,1-4H3,(H,23,25). The molecule has 0 aliphatic carbocycles. The zero-order valence-corrected chi connectivity index (χ0v) is 17.0. The van der Waals surface area contributed by atoms with Crippen LogP contribution in [0, 0.1) is 5.92 Å². The number of aromatic amines is 1. The van der Waals surface area contributed by atoms with Crippen LogP contribution in [0.1, 0.15) is 44.1 Å². The molecule has 1 aromatic heterocycles. The van der Waals surface area contributed by atoms with Crippen molar-refractivity contribution in [2.75, 3.05) is 32.1 Å². The maximum absolute atomic E-state index is 13.0. The molecule has 2 unspecified atom stereocenters. The van der Waals surface area contributed by atoms with Crippen LogP contribution in [0.2, 0.25) is 0 Å². The molecule has 0 bridgehead atoms. The van der Waals surface area contributed by atoms with E-state index in [2.05, 4.69) is 22.1 Å². The van der Waals surface area contributed by atoms with Gasteiger partial charge in [-0.1, -0.05) is 6.92 Å². The molecule has 1 amide bonds. The van der Waals surface area contributed by atoms with E-state index in [4.69, 9.17) is 9.47 Å². The Kier molecular flexibility index (Phi) is 6.24. The van der Waals surface area contributed by atoms with E-state index in [1.807, 2.05) is 13.0 Å². The Morgan fingerprint density at radius 3 is 2.86 bits per heavy atom. The van der Waals surface area contributed by atoms with Crippen molar-refractivity contribution in [2.24, 2.45) is 5.92 Å². The number of nitrogens with zero attached hydrogens (tertiary/aromatic N) is 1. The first kappa shape index (κ1) is 20.2. The number of hydrogen-bond acceptors (Lipinski definition) is 5. The first-order valence-electron chi connectivity index (χ1n) is 9.86. The first-order valence-corrected chi connectivity index (χ1v) is 9.86. The number of carbonyl (C=O) groups excluding carboxylic acids is 2. The summed E-state index contributed by atoms with van der Waals surface area (Å²) in [4.78, 5) is 30.7. The van der Waals surface area contributed by atoms with Crippen molar-refractivity contribution in [3.63, 3.8) is 0 Å². The van der Waals surface area contributed by atoms with Crippen molar-refractivity contribution in [3.05, 3.63) is 23.9 Å². The molecule has 2 N–H and O–H groups in total. The second-order valence-electron chi connectivity index (χ2n) is 7.41. The Balaban J connectivity index is 1.91. The molecule has 1 saturated heterocycles. The maximum atomic E-state index is 13.0. The molecule has 1 fully saturated rings. The Morgan fingerprint density at radius 2 is 2.18 bits per heavy atom. The molecule has 2 atom stereocenters. The SMILES string of the molecule is CCOC(=O)c1[nH]c2ccc(OC)cc2c1NC(=O)C(C)N1CCCC(C)C1. The van der Waals surface area contributed by atoms with Crippen LogP contribution >= 0.6 is 0 Å². The number of piperidine rings is 1. The minimum absolute atomic E-state index is 0.136. The molecule has 152 valence electrons. The number of anilines is 1. The van der Waals surface area contributed by atoms with E-state index in [0.29, 0.717) is 17.4 Å². The number of benzene rings is 1. The van der Waals surface area contributed by atoms with Crippen LogP contribution in [-0.2, 0) is 9.53 Å². The van der Waals surface area contributed by atoms with Crippen molar-refractivity contribution < 1.29 is 19.1 Å². The Bertz CT molecular complexity index is 861. The van der Waals surface area contributed by atoms with Crippen LogP contribution in [-0.4, -0.2) is 54.6 Å². The molecule has 0 spiro atoms. The molecule has 2 heterocycles. The van der Waals surface area contributed by atoms with E-state index in [-0.39, 0.29) is 24.2 Å². The van der Waals surface area contributed by atoms with Gasteiger partial charge in [0.05, 0.1) is 25.4 Å². The number of aromatic nitrogens is 1. The van der Waals surface area contributed by atoms with Crippen LogP contribution in [0.15, 0.2) is 18.2 Å². The van der Waals surface area contributed by atoms with E-state index >= 15 is 0 Å². The number of carbonyl (C=O) groups is 2. The van der Waals surface area contributed by atoms with Gasteiger partial charge in [0.1, 0.15) is 11.4 Å². The van der Waals surface area contributed by atoms with E-state index in [1.54, 1.807) is 26.2 Å². The minimum Gasteiger partial charge on any atom is -0.497 e. The average molecular weight is 387 g/mol. The summed E-state index contributed by atoms with van der Waals surface area (Å²) in [6.45, 7) is 7.94. The summed E-state index contributed by atoms with van der Waals surface area (Å²) in [7, 11) is 1.58. The van der Waals surface area contributed by atoms with Gasteiger partial charge in [-0.05, 0) is 57.4 Å². The van der Waals surface area contributed by atoms with Crippen molar-refractivity contribution in [1.29, 1.82) is 0 Å². The topological polar surface area (TPSA) is 83.7 Å². The summed E-state index contributed by atoms with van der Waals surface area (Å²) >= 11 is 0. The fraction of sp³-hybridized carbons (Fsp3) is 0.524. The predicted molar refractivity (Wildman–Crippen MR) is 109 cm³/mol. The number of likely N-dealkylation sites (tertiary alicyclic amines) is 1. The molecule has 1 aromatic carbocycles. The largest absolute Gasteiger partial charge is 0.497 e. The zero-order valence-electron chi connectivity index (χ0n) is 17.0. The molecule has 0 radical (unpaired) electrons. The number of amides is 1. The third kappa shape index (κ3) is 4.14. The fourth-order valence-electron chi connectivity index (χ4n) is 3.76. The van der Waals surface area contributed by atoms with Crippen LogP contribution in [0.5, 0.6) is 5.75 Å². The van der Waals surface area contributed by atoms with Crippen LogP contribution in [0.25, 0.3) is 10.9 Å². The maximum Gasteiger partial charge on any atom is 0.356 e. The highest BCUT2D eigenvalue weighted by Gasteiger charge is 2.28. The van der Waals surface area contributed by atoms with Gasteiger partial charge in [-0.3, -0.25) is 9.69 Å². The van der Waals surface area contributed by atoms with Crippen LogP contribution < -0.4 is 10.1 Å². The summed E-state index contributed by atoms with van der Waals surface area (Å²) in [6, 6.07) is 5.14. The quantitative estimate of drug-likeness (QED) is 0.742. The first-order chi connectivity index (χ1) is 13.4. The lowest BCUT2D eigenvalue weighted by Gasteiger charge is -2.34. The third-order valence-electron chi connectivity index (χ3n) is 5.35. The molecule has 3 rings (SSSR count). The van der Waals surface area contributed by atoms with Gasteiger partial charge in [-0.2, -0.15) is 0 Å². The Hall–Kier alpha value is -2.54. The second kappa shape index (κ2) is 8.65. The third-order valence-corrected chi connectivity index (χ3v) is 5.35.